The topological polar surface area (TPSA) is 25.8 Å². The largest absolute Gasteiger partial charge is 0.228 e. The Morgan fingerprint density at radius 2 is 0.860 bits per heavy atom. The van der Waals surface area contributed by atoms with Crippen molar-refractivity contribution in [2.45, 2.75) is 0 Å². The Hall–Kier alpha value is -5.38. The highest BCUT2D eigenvalue weighted by Crippen LogP contribution is 2.42. The van der Waals surface area contributed by atoms with E-state index in [1.807, 2.05) is 23.5 Å². The minimum absolute atomic E-state index is 0.731. The fraction of sp³-hybridized carbons (Fsp3) is 0. The second-order valence-corrected chi connectivity index (χ2v) is 11.7. The summed E-state index contributed by atoms with van der Waals surface area (Å²) in [6.07, 6.45) is 0. The van der Waals surface area contributed by atoms with Crippen LogP contribution in [0.2, 0.25) is 0 Å². The molecule has 0 bridgehead atoms. The molecule has 2 heterocycles. The molecule has 0 atom stereocenters. The third-order valence-electron chi connectivity index (χ3n) is 7.91. The highest BCUT2D eigenvalue weighted by Gasteiger charge is 2.18. The summed E-state index contributed by atoms with van der Waals surface area (Å²) < 4.78 is 2.50. The molecule has 2 aromatic heterocycles. The number of benzene rings is 6. The van der Waals surface area contributed by atoms with Crippen LogP contribution in [0.4, 0.5) is 0 Å². The Balaban J connectivity index is 1.37. The van der Waals surface area contributed by atoms with Gasteiger partial charge in [-0.3, -0.25) is 0 Å². The van der Waals surface area contributed by atoms with Crippen molar-refractivity contribution in [3.8, 4) is 56.2 Å². The van der Waals surface area contributed by atoms with Gasteiger partial charge in [-0.15, -0.1) is 11.3 Å². The smallest absolute Gasteiger partial charge is 0.161 e. The lowest BCUT2D eigenvalue weighted by Gasteiger charge is -2.12. The van der Waals surface area contributed by atoms with Crippen LogP contribution in [-0.2, 0) is 0 Å². The highest BCUT2D eigenvalue weighted by molar-refractivity contribution is 7.26. The van der Waals surface area contributed by atoms with Gasteiger partial charge in [-0.05, 0) is 46.5 Å². The zero-order valence-electron chi connectivity index (χ0n) is 23.3. The van der Waals surface area contributed by atoms with Crippen molar-refractivity contribution < 1.29 is 0 Å². The van der Waals surface area contributed by atoms with Gasteiger partial charge in [-0.2, -0.15) is 0 Å². The SMILES string of the molecule is c1ccc(-c2ccc(-c3cc(-c4ccccc4)nc(-c4cc(-c5ccccc5)cc5sc6ccccc6c45)n3)cc2)cc1. The number of nitrogens with zero attached hydrogens (tertiary/aromatic N) is 2. The quantitative estimate of drug-likeness (QED) is 0.207. The maximum atomic E-state index is 5.27. The Bertz CT molecular complexity index is 2200. The summed E-state index contributed by atoms with van der Waals surface area (Å²) in [4.78, 5) is 10.5. The molecule has 0 aliphatic heterocycles. The lowest BCUT2D eigenvalue weighted by molar-refractivity contribution is 1.19. The molecule has 0 aliphatic carbocycles. The van der Waals surface area contributed by atoms with Crippen LogP contribution in [0.3, 0.4) is 0 Å². The van der Waals surface area contributed by atoms with E-state index in [-0.39, 0.29) is 0 Å². The van der Waals surface area contributed by atoms with Crippen molar-refractivity contribution in [1.82, 2.24) is 9.97 Å². The first-order valence-corrected chi connectivity index (χ1v) is 15.2. The molecule has 0 fully saturated rings. The lowest BCUT2D eigenvalue weighted by Crippen LogP contribution is -1.97. The zero-order chi connectivity index (χ0) is 28.6. The van der Waals surface area contributed by atoms with E-state index >= 15 is 0 Å². The first-order valence-electron chi connectivity index (χ1n) is 14.4. The van der Waals surface area contributed by atoms with Crippen LogP contribution >= 0.6 is 11.3 Å². The molecule has 0 amide bonds. The fourth-order valence-corrected chi connectivity index (χ4v) is 6.94. The molecular weight excluding hydrogens is 541 g/mol. The van der Waals surface area contributed by atoms with Crippen LogP contribution < -0.4 is 0 Å². The summed E-state index contributed by atoms with van der Waals surface area (Å²) >= 11 is 1.82. The summed E-state index contributed by atoms with van der Waals surface area (Å²) in [5.41, 5.74) is 9.72. The van der Waals surface area contributed by atoms with Crippen molar-refractivity contribution in [3.05, 3.63) is 158 Å². The van der Waals surface area contributed by atoms with Gasteiger partial charge < -0.3 is 0 Å². The number of thiophene rings is 1. The molecule has 43 heavy (non-hydrogen) atoms. The van der Waals surface area contributed by atoms with Crippen LogP contribution in [0.15, 0.2) is 158 Å². The average Bonchev–Trinajstić information content (AvgIpc) is 3.47. The summed E-state index contributed by atoms with van der Waals surface area (Å²) in [6.45, 7) is 0. The van der Waals surface area contributed by atoms with E-state index in [2.05, 4.69) is 146 Å². The van der Waals surface area contributed by atoms with Gasteiger partial charge in [0.15, 0.2) is 5.82 Å². The predicted octanol–water partition coefficient (Wildman–Crippen LogP) is 11.2. The van der Waals surface area contributed by atoms with E-state index in [9.17, 15) is 0 Å². The van der Waals surface area contributed by atoms with Crippen molar-refractivity contribution in [2.24, 2.45) is 0 Å². The van der Waals surface area contributed by atoms with E-state index in [0.29, 0.717) is 0 Å². The van der Waals surface area contributed by atoms with E-state index in [1.54, 1.807) is 0 Å². The molecule has 8 rings (SSSR count). The van der Waals surface area contributed by atoms with E-state index in [1.165, 1.54) is 36.9 Å². The molecule has 2 nitrogen and oxygen atoms in total. The summed E-state index contributed by atoms with van der Waals surface area (Å²) in [6, 6.07) is 55.5. The van der Waals surface area contributed by atoms with Crippen molar-refractivity contribution in [3.63, 3.8) is 0 Å². The molecule has 0 spiro atoms. The molecule has 8 aromatic rings. The normalized spacial score (nSPS) is 11.3. The maximum absolute atomic E-state index is 5.27. The number of hydrogen-bond donors (Lipinski definition) is 0. The monoisotopic (exact) mass is 566 g/mol. The van der Waals surface area contributed by atoms with Crippen molar-refractivity contribution in [2.75, 3.05) is 0 Å². The van der Waals surface area contributed by atoms with Gasteiger partial charge in [-0.1, -0.05) is 133 Å². The molecule has 0 radical (unpaired) electrons. The van der Waals surface area contributed by atoms with Crippen molar-refractivity contribution >= 4 is 31.5 Å². The predicted molar refractivity (Wildman–Crippen MR) is 182 cm³/mol. The summed E-state index contributed by atoms with van der Waals surface area (Å²) in [5.74, 6) is 0.731. The molecule has 6 aromatic carbocycles. The highest BCUT2D eigenvalue weighted by atomic mass is 32.1. The average molecular weight is 567 g/mol. The van der Waals surface area contributed by atoms with Gasteiger partial charge in [0.1, 0.15) is 0 Å². The molecule has 0 aliphatic rings. The molecule has 0 saturated heterocycles. The Morgan fingerprint density at radius 3 is 1.51 bits per heavy atom. The Kier molecular flexibility index (Phi) is 6.36. The number of rotatable bonds is 5. The second kappa shape index (κ2) is 10.8. The van der Waals surface area contributed by atoms with E-state index < -0.39 is 0 Å². The molecule has 3 heteroatoms. The van der Waals surface area contributed by atoms with Crippen LogP contribution in [-0.4, -0.2) is 9.97 Å². The maximum Gasteiger partial charge on any atom is 0.161 e. The summed E-state index contributed by atoms with van der Waals surface area (Å²) in [7, 11) is 0. The minimum Gasteiger partial charge on any atom is -0.228 e. The first-order chi connectivity index (χ1) is 21.3. The van der Waals surface area contributed by atoms with E-state index in [4.69, 9.17) is 9.97 Å². The van der Waals surface area contributed by atoms with Crippen LogP contribution in [0.25, 0.3) is 76.3 Å². The second-order valence-electron chi connectivity index (χ2n) is 10.6. The Morgan fingerprint density at radius 1 is 0.372 bits per heavy atom. The van der Waals surface area contributed by atoms with Gasteiger partial charge in [0.05, 0.1) is 11.4 Å². The standard InChI is InChI=1S/C40H26N2S/c1-4-12-27(13-5-1)29-20-22-31(23-21-29)36-26-35(30-16-8-3-9-17-30)41-40(42-36)34-24-32(28-14-6-2-7-15-28)25-38-39(34)33-18-10-11-19-37(33)43-38/h1-26H. The third-order valence-corrected chi connectivity index (χ3v) is 9.03. The van der Waals surface area contributed by atoms with E-state index in [0.717, 1.165) is 39.5 Å². The molecule has 0 unspecified atom stereocenters. The minimum atomic E-state index is 0.731. The number of fused-ring (bicyclic) bond motifs is 3. The molecule has 202 valence electrons. The van der Waals surface area contributed by atoms with Crippen molar-refractivity contribution in [1.29, 1.82) is 0 Å². The van der Waals surface area contributed by atoms with Gasteiger partial charge in [0, 0.05) is 36.9 Å². The zero-order valence-corrected chi connectivity index (χ0v) is 24.1. The van der Waals surface area contributed by atoms with Gasteiger partial charge >= 0.3 is 0 Å². The Labute approximate surface area is 254 Å². The van der Waals surface area contributed by atoms with Crippen LogP contribution in [0.1, 0.15) is 0 Å². The van der Waals surface area contributed by atoms with Gasteiger partial charge in [-0.25, -0.2) is 9.97 Å². The lowest BCUT2D eigenvalue weighted by atomic mass is 9.97. The van der Waals surface area contributed by atoms with Gasteiger partial charge in [0.25, 0.3) is 0 Å². The number of aromatic nitrogens is 2. The molecular formula is C40H26N2S. The third kappa shape index (κ3) is 4.80. The molecule has 0 saturated carbocycles. The summed E-state index contributed by atoms with van der Waals surface area (Å²) in [5, 5.41) is 2.44. The first kappa shape index (κ1) is 25.3. The van der Waals surface area contributed by atoms with Crippen LogP contribution in [0.5, 0.6) is 0 Å². The fourth-order valence-electron chi connectivity index (χ4n) is 5.76. The number of hydrogen-bond acceptors (Lipinski definition) is 3. The molecule has 0 N–H and O–H groups in total. The van der Waals surface area contributed by atoms with Gasteiger partial charge in [0.2, 0.25) is 0 Å². The van der Waals surface area contributed by atoms with Crippen LogP contribution in [0, 0.1) is 0 Å².